The third-order valence-electron chi connectivity index (χ3n) is 5.63. The van der Waals surface area contributed by atoms with Crippen molar-refractivity contribution in [1.82, 2.24) is 9.80 Å². The number of carboxylic acids is 1. The summed E-state index contributed by atoms with van der Waals surface area (Å²) in [5.41, 5.74) is 0. The molecule has 0 aromatic rings. The molecule has 0 aromatic heterocycles. The third kappa shape index (κ3) is 2.74. The number of rotatable bonds is 1. The zero-order valence-electron chi connectivity index (χ0n) is 12.8. The van der Waals surface area contributed by atoms with E-state index in [1.807, 2.05) is 4.90 Å². The molecule has 3 rings (SSSR count). The Morgan fingerprint density at radius 3 is 2.52 bits per heavy atom. The van der Waals surface area contributed by atoms with E-state index in [1.54, 1.807) is 4.90 Å². The maximum atomic E-state index is 12.9. The quantitative estimate of drug-likeness (QED) is 0.808. The van der Waals surface area contributed by atoms with E-state index in [-0.39, 0.29) is 6.03 Å². The summed E-state index contributed by atoms with van der Waals surface area (Å²) in [6, 6.07) is -0.297. The Hall–Kier alpha value is -1.26. The molecule has 2 amide bonds. The number of nitrogens with zero attached hydrogens (tertiary/aromatic N) is 2. The Labute approximate surface area is 126 Å². The molecule has 0 aromatic carbocycles. The molecule has 3 fully saturated rings. The number of carbonyl (C=O) groups excluding carboxylic acids is 1. The van der Waals surface area contributed by atoms with Crippen molar-refractivity contribution < 1.29 is 14.7 Å². The van der Waals surface area contributed by atoms with E-state index in [1.165, 1.54) is 19.3 Å². The maximum absolute atomic E-state index is 12.9. The highest BCUT2D eigenvalue weighted by molar-refractivity contribution is 5.83. The summed E-state index contributed by atoms with van der Waals surface area (Å²) >= 11 is 0. The SMILES string of the molecule is CC1CCN(C(=O)N2CCCC3CCCC32)C(C(=O)O)C1. The molecule has 5 heteroatoms. The van der Waals surface area contributed by atoms with Gasteiger partial charge in [-0.1, -0.05) is 13.3 Å². The molecule has 2 heterocycles. The van der Waals surface area contributed by atoms with Gasteiger partial charge in [-0.05, 0) is 50.4 Å². The van der Waals surface area contributed by atoms with Crippen LogP contribution in [0.15, 0.2) is 0 Å². The highest BCUT2D eigenvalue weighted by atomic mass is 16.4. The Balaban J connectivity index is 1.75. The molecule has 21 heavy (non-hydrogen) atoms. The normalized spacial score (nSPS) is 36.4. The van der Waals surface area contributed by atoms with Crippen molar-refractivity contribution in [3.63, 3.8) is 0 Å². The zero-order valence-corrected chi connectivity index (χ0v) is 12.8. The third-order valence-corrected chi connectivity index (χ3v) is 5.63. The Kier molecular flexibility index (Phi) is 4.09. The molecule has 118 valence electrons. The summed E-state index contributed by atoms with van der Waals surface area (Å²) in [5.74, 6) is 0.181. The molecule has 2 saturated heterocycles. The lowest BCUT2D eigenvalue weighted by Gasteiger charge is -2.44. The molecule has 1 aliphatic carbocycles. The molecule has 1 saturated carbocycles. The molecule has 5 nitrogen and oxygen atoms in total. The first-order chi connectivity index (χ1) is 10.1. The van der Waals surface area contributed by atoms with Crippen LogP contribution in [0.2, 0.25) is 0 Å². The second-order valence-electron chi connectivity index (χ2n) is 7.05. The van der Waals surface area contributed by atoms with Gasteiger partial charge >= 0.3 is 12.0 Å². The van der Waals surface area contributed by atoms with Gasteiger partial charge in [0.25, 0.3) is 0 Å². The summed E-state index contributed by atoms with van der Waals surface area (Å²) in [4.78, 5) is 28.0. The number of fused-ring (bicyclic) bond motifs is 1. The van der Waals surface area contributed by atoms with Crippen LogP contribution >= 0.6 is 0 Å². The van der Waals surface area contributed by atoms with Crippen LogP contribution in [0.1, 0.15) is 51.9 Å². The van der Waals surface area contributed by atoms with E-state index >= 15 is 0 Å². The minimum Gasteiger partial charge on any atom is -0.480 e. The summed E-state index contributed by atoms with van der Waals surface area (Å²) in [7, 11) is 0. The number of carbonyl (C=O) groups is 2. The number of hydrogen-bond donors (Lipinski definition) is 1. The predicted octanol–water partition coefficient (Wildman–Crippen LogP) is 2.56. The van der Waals surface area contributed by atoms with Crippen LogP contribution in [0, 0.1) is 11.8 Å². The smallest absolute Gasteiger partial charge is 0.326 e. The van der Waals surface area contributed by atoms with Crippen molar-refractivity contribution in [2.45, 2.75) is 64.0 Å². The highest BCUT2D eigenvalue weighted by Gasteiger charge is 2.42. The van der Waals surface area contributed by atoms with Gasteiger partial charge in [0.05, 0.1) is 0 Å². The number of aliphatic carboxylic acids is 1. The van der Waals surface area contributed by atoms with Gasteiger partial charge in [-0.2, -0.15) is 0 Å². The fourth-order valence-electron chi connectivity index (χ4n) is 4.46. The van der Waals surface area contributed by atoms with Gasteiger partial charge in [-0.25, -0.2) is 9.59 Å². The van der Waals surface area contributed by atoms with Crippen molar-refractivity contribution in [2.24, 2.45) is 11.8 Å². The second-order valence-corrected chi connectivity index (χ2v) is 7.05. The topological polar surface area (TPSA) is 60.9 Å². The van der Waals surface area contributed by atoms with Crippen molar-refractivity contribution >= 4 is 12.0 Å². The van der Waals surface area contributed by atoms with Crippen LogP contribution in [-0.4, -0.2) is 52.1 Å². The Morgan fingerprint density at radius 2 is 1.76 bits per heavy atom. The van der Waals surface area contributed by atoms with E-state index in [9.17, 15) is 14.7 Å². The second kappa shape index (κ2) is 5.85. The summed E-state index contributed by atoms with van der Waals surface area (Å²) < 4.78 is 0. The molecule has 4 unspecified atom stereocenters. The number of amides is 2. The zero-order chi connectivity index (χ0) is 15.0. The van der Waals surface area contributed by atoms with E-state index in [2.05, 4.69) is 6.92 Å². The van der Waals surface area contributed by atoms with Crippen molar-refractivity contribution in [2.75, 3.05) is 13.1 Å². The molecule has 1 N–H and O–H groups in total. The lowest BCUT2D eigenvalue weighted by atomic mass is 9.91. The van der Waals surface area contributed by atoms with Gasteiger partial charge in [-0.3, -0.25) is 0 Å². The first kappa shape index (κ1) is 14.7. The van der Waals surface area contributed by atoms with E-state index < -0.39 is 12.0 Å². The largest absolute Gasteiger partial charge is 0.480 e. The molecular formula is C16H26N2O3. The first-order valence-corrected chi connectivity index (χ1v) is 8.38. The molecule has 2 aliphatic heterocycles. The number of likely N-dealkylation sites (tertiary alicyclic amines) is 2. The standard InChI is InChI=1S/C16H26N2O3/c1-11-7-9-18(14(10-11)15(19)20)16(21)17-8-3-5-12-4-2-6-13(12)17/h11-14H,2-10H2,1H3,(H,19,20). The Morgan fingerprint density at radius 1 is 1.00 bits per heavy atom. The van der Waals surface area contributed by atoms with Gasteiger partial charge in [0, 0.05) is 19.1 Å². The Bertz CT molecular complexity index is 426. The molecule has 0 spiro atoms. The highest BCUT2D eigenvalue weighted by Crippen LogP contribution is 2.38. The van der Waals surface area contributed by atoms with Crippen LogP contribution in [-0.2, 0) is 4.79 Å². The number of urea groups is 1. The van der Waals surface area contributed by atoms with Gasteiger partial charge in [0.15, 0.2) is 0 Å². The van der Waals surface area contributed by atoms with Gasteiger partial charge in [-0.15, -0.1) is 0 Å². The van der Waals surface area contributed by atoms with E-state index in [4.69, 9.17) is 0 Å². The van der Waals surface area contributed by atoms with Crippen LogP contribution in [0.3, 0.4) is 0 Å². The van der Waals surface area contributed by atoms with Crippen molar-refractivity contribution in [1.29, 1.82) is 0 Å². The minimum absolute atomic E-state index is 0.0223. The van der Waals surface area contributed by atoms with Crippen molar-refractivity contribution in [3.8, 4) is 0 Å². The van der Waals surface area contributed by atoms with E-state index in [0.29, 0.717) is 30.8 Å². The average Bonchev–Trinajstić information content (AvgIpc) is 2.94. The lowest BCUT2D eigenvalue weighted by Crippen LogP contribution is -2.58. The van der Waals surface area contributed by atoms with Gasteiger partial charge < -0.3 is 14.9 Å². The van der Waals surface area contributed by atoms with Crippen LogP contribution < -0.4 is 0 Å². The molecular weight excluding hydrogens is 268 g/mol. The number of piperidine rings is 2. The molecule has 0 bridgehead atoms. The summed E-state index contributed by atoms with van der Waals surface area (Å²) in [6.07, 6.45) is 7.33. The van der Waals surface area contributed by atoms with Crippen LogP contribution in [0.25, 0.3) is 0 Å². The minimum atomic E-state index is -0.852. The monoisotopic (exact) mass is 294 g/mol. The summed E-state index contributed by atoms with van der Waals surface area (Å²) in [5, 5.41) is 9.45. The molecule has 4 atom stereocenters. The average molecular weight is 294 g/mol. The number of hydrogen-bond acceptors (Lipinski definition) is 2. The van der Waals surface area contributed by atoms with E-state index in [0.717, 1.165) is 25.8 Å². The van der Waals surface area contributed by atoms with Crippen LogP contribution in [0.4, 0.5) is 4.79 Å². The molecule has 0 radical (unpaired) electrons. The maximum Gasteiger partial charge on any atom is 0.326 e. The molecule has 3 aliphatic rings. The van der Waals surface area contributed by atoms with Crippen molar-refractivity contribution in [3.05, 3.63) is 0 Å². The lowest BCUT2D eigenvalue weighted by molar-refractivity contribution is -0.144. The van der Waals surface area contributed by atoms with Gasteiger partial charge in [0.2, 0.25) is 0 Å². The first-order valence-electron chi connectivity index (χ1n) is 8.38. The fourth-order valence-corrected chi connectivity index (χ4v) is 4.46. The number of carboxylic acid groups (broad SMARTS) is 1. The van der Waals surface area contributed by atoms with Gasteiger partial charge in [0.1, 0.15) is 6.04 Å². The van der Waals surface area contributed by atoms with Crippen LogP contribution in [0.5, 0.6) is 0 Å². The fraction of sp³-hybridized carbons (Fsp3) is 0.875. The summed E-state index contributed by atoms with van der Waals surface area (Å²) in [6.45, 7) is 3.47. The predicted molar refractivity (Wildman–Crippen MR) is 79.0 cm³/mol.